The van der Waals surface area contributed by atoms with Crippen LogP contribution in [0.15, 0.2) is 29.2 Å². The minimum Gasteiger partial charge on any atom is -0.369 e. The number of nitrogens with zero attached hydrogens (tertiary/aromatic N) is 1. The van der Waals surface area contributed by atoms with E-state index in [1.807, 2.05) is 24.1 Å². The average molecular weight is 282 g/mol. The van der Waals surface area contributed by atoms with Crippen LogP contribution in [0.4, 0.5) is 5.69 Å². The Hall–Kier alpha value is -1.07. The van der Waals surface area contributed by atoms with Crippen LogP contribution in [-0.2, 0) is 9.84 Å². The Morgan fingerprint density at radius 3 is 2.53 bits per heavy atom. The van der Waals surface area contributed by atoms with Gasteiger partial charge in [-0.2, -0.15) is 0 Å². The van der Waals surface area contributed by atoms with E-state index in [4.69, 9.17) is 5.73 Å². The highest BCUT2D eigenvalue weighted by molar-refractivity contribution is 7.91. The summed E-state index contributed by atoms with van der Waals surface area (Å²) >= 11 is 0. The third-order valence-corrected chi connectivity index (χ3v) is 5.64. The molecule has 1 fully saturated rings. The van der Waals surface area contributed by atoms with Crippen LogP contribution in [0.1, 0.15) is 19.8 Å². The molecule has 4 nitrogen and oxygen atoms in total. The zero-order valence-electron chi connectivity index (χ0n) is 11.5. The van der Waals surface area contributed by atoms with Gasteiger partial charge in [0, 0.05) is 19.6 Å². The summed E-state index contributed by atoms with van der Waals surface area (Å²) in [4.78, 5) is 2.46. The van der Waals surface area contributed by atoms with Crippen molar-refractivity contribution < 1.29 is 8.42 Å². The SMILES string of the molecule is CCS(=O)(=O)c1ccccc1N(C)C(CN)C1CC1. The maximum atomic E-state index is 12.2. The van der Waals surface area contributed by atoms with E-state index >= 15 is 0 Å². The Kier molecular flexibility index (Phi) is 4.16. The Bertz CT molecular complexity index is 538. The summed E-state index contributed by atoms with van der Waals surface area (Å²) in [5.74, 6) is 0.724. The van der Waals surface area contributed by atoms with Crippen molar-refractivity contribution in [2.75, 3.05) is 24.2 Å². The molecule has 2 N–H and O–H groups in total. The highest BCUT2D eigenvalue weighted by Crippen LogP contribution is 2.37. The van der Waals surface area contributed by atoms with E-state index in [1.165, 1.54) is 12.8 Å². The normalized spacial score (nSPS) is 17.2. The number of rotatable bonds is 6. The fraction of sp³-hybridized carbons (Fsp3) is 0.571. The smallest absolute Gasteiger partial charge is 0.180 e. The molecule has 106 valence electrons. The lowest BCUT2D eigenvalue weighted by Gasteiger charge is -2.30. The predicted molar refractivity (Wildman–Crippen MR) is 78.1 cm³/mol. The maximum absolute atomic E-state index is 12.2. The third kappa shape index (κ3) is 2.92. The van der Waals surface area contributed by atoms with Gasteiger partial charge in [0.25, 0.3) is 0 Å². The number of nitrogens with two attached hydrogens (primary N) is 1. The van der Waals surface area contributed by atoms with Crippen LogP contribution < -0.4 is 10.6 Å². The fourth-order valence-electron chi connectivity index (χ4n) is 2.49. The van der Waals surface area contributed by atoms with Crippen molar-refractivity contribution >= 4 is 15.5 Å². The number of hydrogen-bond donors (Lipinski definition) is 1. The molecule has 0 radical (unpaired) electrons. The van der Waals surface area contributed by atoms with Crippen molar-refractivity contribution in [2.24, 2.45) is 11.7 Å². The molecule has 0 heterocycles. The molecule has 0 aliphatic heterocycles. The van der Waals surface area contributed by atoms with Gasteiger partial charge in [-0.25, -0.2) is 8.42 Å². The van der Waals surface area contributed by atoms with Crippen LogP contribution in [0.2, 0.25) is 0 Å². The van der Waals surface area contributed by atoms with Crippen molar-refractivity contribution in [2.45, 2.75) is 30.7 Å². The molecule has 0 aromatic heterocycles. The van der Waals surface area contributed by atoms with Crippen molar-refractivity contribution in [1.82, 2.24) is 0 Å². The van der Waals surface area contributed by atoms with Gasteiger partial charge < -0.3 is 10.6 Å². The molecule has 1 atom stereocenters. The summed E-state index contributed by atoms with van der Waals surface area (Å²) in [5.41, 5.74) is 6.62. The minimum atomic E-state index is -3.20. The standard InChI is InChI=1S/C14H22N2O2S/c1-3-19(17,18)14-7-5-4-6-12(14)16(2)13(10-15)11-8-9-11/h4-7,11,13H,3,8-10,15H2,1-2H3. The number of para-hydroxylation sites is 1. The second-order valence-corrected chi connectivity index (χ2v) is 7.37. The minimum absolute atomic E-state index is 0.120. The van der Waals surface area contributed by atoms with Crippen molar-refractivity contribution in [3.05, 3.63) is 24.3 Å². The molecular weight excluding hydrogens is 260 g/mol. The molecule has 0 saturated heterocycles. The zero-order valence-corrected chi connectivity index (χ0v) is 12.4. The van der Waals surface area contributed by atoms with Crippen LogP contribution in [0.3, 0.4) is 0 Å². The van der Waals surface area contributed by atoms with E-state index in [-0.39, 0.29) is 11.8 Å². The quantitative estimate of drug-likeness (QED) is 0.862. The molecule has 1 unspecified atom stereocenters. The first-order chi connectivity index (χ1) is 9.01. The molecule has 19 heavy (non-hydrogen) atoms. The fourth-order valence-corrected chi connectivity index (χ4v) is 3.62. The number of anilines is 1. The molecule has 2 rings (SSSR count). The lowest BCUT2D eigenvalue weighted by atomic mass is 10.1. The molecule has 1 aliphatic carbocycles. The van der Waals surface area contributed by atoms with Crippen LogP contribution >= 0.6 is 0 Å². The third-order valence-electron chi connectivity index (χ3n) is 3.87. The van der Waals surface area contributed by atoms with E-state index in [2.05, 4.69) is 0 Å². The van der Waals surface area contributed by atoms with Crippen molar-refractivity contribution in [3.8, 4) is 0 Å². The lowest BCUT2D eigenvalue weighted by molar-refractivity contribution is 0.564. The van der Waals surface area contributed by atoms with Gasteiger partial charge in [-0.1, -0.05) is 19.1 Å². The first kappa shape index (κ1) is 14.3. The Morgan fingerprint density at radius 2 is 2.00 bits per heavy atom. The molecular formula is C14H22N2O2S. The van der Waals surface area contributed by atoms with Gasteiger partial charge in [-0.15, -0.1) is 0 Å². The highest BCUT2D eigenvalue weighted by atomic mass is 32.2. The van der Waals surface area contributed by atoms with Gasteiger partial charge in [-0.05, 0) is 30.9 Å². The van der Waals surface area contributed by atoms with Crippen LogP contribution in [0.25, 0.3) is 0 Å². The molecule has 1 saturated carbocycles. The molecule has 1 aliphatic rings. The number of likely N-dealkylation sites (N-methyl/N-ethyl adjacent to an activating group) is 1. The first-order valence-electron chi connectivity index (χ1n) is 6.76. The molecule has 0 spiro atoms. The zero-order chi connectivity index (χ0) is 14.0. The van der Waals surface area contributed by atoms with E-state index in [0.717, 1.165) is 5.69 Å². The summed E-state index contributed by atoms with van der Waals surface area (Å²) in [6.45, 7) is 2.23. The molecule has 0 amide bonds. The predicted octanol–water partition coefficient (Wildman–Crippen LogP) is 1.65. The van der Waals surface area contributed by atoms with Gasteiger partial charge in [-0.3, -0.25) is 0 Å². The van der Waals surface area contributed by atoms with Crippen molar-refractivity contribution in [1.29, 1.82) is 0 Å². The maximum Gasteiger partial charge on any atom is 0.180 e. The molecule has 0 bridgehead atoms. The van der Waals surface area contributed by atoms with E-state index in [9.17, 15) is 8.42 Å². The summed E-state index contributed by atoms with van der Waals surface area (Å²) in [5, 5.41) is 0. The van der Waals surface area contributed by atoms with Gasteiger partial charge in [0.05, 0.1) is 16.3 Å². The van der Waals surface area contributed by atoms with Crippen molar-refractivity contribution in [3.63, 3.8) is 0 Å². The lowest BCUT2D eigenvalue weighted by Crippen LogP contribution is -2.40. The summed E-state index contributed by atoms with van der Waals surface area (Å²) in [7, 11) is -1.26. The summed E-state index contributed by atoms with van der Waals surface area (Å²) in [6.07, 6.45) is 2.38. The van der Waals surface area contributed by atoms with E-state index in [0.29, 0.717) is 17.4 Å². The van der Waals surface area contributed by atoms with Crippen LogP contribution in [0, 0.1) is 5.92 Å². The second-order valence-electron chi connectivity index (χ2n) is 5.12. The van der Waals surface area contributed by atoms with Gasteiger partial charge in [0.2, 0.25) is 0 Å². The molecule has 5 heteroatoms. The molecule has 1 aromatic rings. The Morgan fingerprint density at radius 1 is 1.37 bits per heavy atom. The second kappa shape index (κ2) is 5.51. The topological polar surface area (TPSA) is 63.4 Å². The monoisotopic (exact) mass is 282 g/mol. The number of sulfone groups is 1. The first-order valence-corrected chi connectivity index (χ1v) is 8.41. The van der Waals surface area contributed by atoms with Crippen LogP contribution in [0.5, 0.6) is 0 Å². The summed E-state index contributed by atoms with van der Waals surface area (Å²) < 4.78 is 24.3. The largest absolute Gasteiger partial charge is 0.369 e. The Labute approximate surface area is 115 Å². The summed E-state index contributed by atoms with van der Waals surface area (Å²) in [6, 6.07) is 7.43. The molecule has 1 aromatic carbocycles. The highest BCUT2D eigenvalue weighted by Gasteiger charge is 2.34. The van der Waals surface area contributed by atoms with Gasteiger partial charge in [0.1, 0.15) is 0 Å². The number of benzene rings is 1. The Balaban J connectivity index is 2.39. The number of hydrogen-bond acceptors (Lipinski definition) is 4. The van der Waals surface area contributed by atoms with Crippen LogP contribution in [-0.4, -0.2) is 33.8 Å². The van der Waals surface area contributed by atoms with Gasteiger partial charge >= 0.3 is 0 Å². The van der Waals surface area contributed by atoms with E-state index < -0.39 is 9.84 Å². The van der Waals surface area contributed by atoms with E-state index in [1.54, 1.807) is 19.1 Å². The average Bonchev–Trinajstić information content (AvgIpc) is 3.24. The van der Waals surface area contributed by atoms with Gasteiger partial charge in [0.15, 0.2) is 9.84 Å².